The molecule has 1 amide bonds. The third-order valence-electron chi connectivity index (χ3n) is 3.30. The molecule has 24 heavy (non-hydrogen) atoms. The number of nitrogens with zero attached hydrogens (tertiary/aromatic N) is 2. The minimum Gasteiger partial charge on any atom is -0.324 e. The van der Waals surface area contributed by atoms with E-state index in [4.69, 9.17) is 11.6 Å². The van der Waals surface area contributed by atoms with Crippen molar-refractivity contribution in [2.75, 3.05) is 5.32 Å². The molecule has 2 rings (SSSR count). The first-order valence-electron chi connectivity index (χ1n) is 7.50. The first kappa shape index (κ1) is 18.5. The summed E-state index contributed by atoms with van der Waals surface area (Å²) in [5, 5.41) is 9.07. The normalized spacial score (nSPS) is 12.2. The van der Waals surface area contributed by atoms with Crippen molar-refractivity contribution in [3.05, 3.63) is 39.5 Å². The van der Waals surface area contributed by atoms with Crippen molar-refractivity contribution in [2.24, 2.45) is 0 Å². The summed E-state index contributed by atoms with van der Waals surface area (Å²) in [6.07, 6.45) is 1.79. The molecular formula is C15H18ClFN4O2S. The Morgan fingerprint density at radius 1 is 1.54 bits per heavy atom. The van der Waals surface area contributed by atoms with Gasteiger partial charge in [-0.05, 0) is 31.5 Å². The van der Waals surface area contributed by atoms with Crippen LogP contribution in [-0.4, -0.2) is 25.9 Å². The smallest absolute Gasteiger partial charge is 0.324 e. The van der Waals surface area contributed by atoms with Gasteiger partial charge in [0.05, 0.1) is 16.0 Å². The molecule has 1 heterocycles. The fourth-order valence-corrected chi connectivity index (χ4v) is 3.04. The molecule has 0 saturated heterocycles. The maximum absolute atomic E-state index is 13.0. The fraction of sp³-hybridized carbons (Fsp3) is 0.400. The largest absolute Gasteiger partial charge is 0.343 e. The second kappa shape index (κ2) is 8.34. The fourth-order valence-electron chi connectivity index (χ4n) is 1.94. The van der Waals surface area contributed by atoms with E-state index in [9.17, 15) is 14.0 Å². The van der Waals surface area contributed by atoms with Gasteiger partial charge < -0.3 is 5.32 Å². The first-order chi connectivity index (χ1) is 11.4. The molecule has 6 nitrogen and oxygen atoms in total. The number of aromatic nitrogens is 3. The topological polar surface area (TPSA) is 79.8 Å². The Morgan fingerprint density at radius 3 is 2.96 bits per heavy atom. The number of carbonyl (C=O) groups is 1. The molecule has 2 aromatic rings. The molecule has 0 unspecified atom stereocenters. The van der Waals surface area contributed by atoms with Gasteiger partial charge in [0.15, 0.2) is 5.16 Å². The third-order valence-corrected chi connectivity index (χ3v) is 4.70. The van der Waals surface area contributed by atoms with Gasteiger partial charge in [-0.2, -0.15) is 0 Å². The summed E-state index contributed by atoms with van der Waals surface area (Å²) in [7, 11) is 0. The number of hydrogen-bond donors (Lipinski definition) is 2. The van der Waals surface area contributed by atoms with Gasteiger partial charge in [0.1, 0.15) is 5.82 Å². The number of nitrogens with one attached hydrogen (secondary N) is 2. The lowest BCUT2D eigenvalue weighted by molar-refractivity contribution is -0.115. The molecule has 0 aliphatic rings. The van der Waals surface area contributed by atoms with Gasteiger partial charge in [0, 0.05) is 6.54 Å². The van der Waals surface area contributed by atoms with Crippen LogP contribution >= 0.6 is 23.4 Å². The summed E-state index contributed by atoms with van der Waals surface area (Å²) in [6, 6.07) is 3.75. The minimum atomic E-state index is -0.512. The highest BCUT2D eigenvalue weighted by molar-refractivity contribution is 8.00. The van der Waals surface area contributed by atoms with E-state index in [1.54, 1.807) is 6.92 Å². The molecule has 0 spiro atoms. The number of benzene rings is 1. The van der Waals surface area contributed by atoms with E-state index in [1.165, 1.54) is 28.5 Å². The molecule has 2 N–H and O–H groups in total. The highest BCUT2D eigenvalue weighted by Gasteiger charge is 2.19. The van der Waals surface area contributed by atoms with Gasteiger partial charge in [-0.1, -0.05) is 36.7 Å². The van der Waals surface area contributed by atoms with Gasteiger partial charge in [-0.15, -0.1) is 5.10 Å². The van der Waals surface area contributed by atoms with Crippen LogP contribution in [0.25, 0.3) is 0 Å². The molecule has 0 aliphatic carbocycles. The monoisotopic (exact) mass is 372 g/mol. The zero-order valence-electron chi connectivity index (χ0n) is 13.3. The SMILES string of the molecule is CCCCn1c(S[C@@H](C)C(=O)Nc2ccc(F)cc2Cl)n[nH]c1=O. The lowest BCUT2D eigenvalue weighted by Crippen LogP contribution is -2.24. The van der Waals surface area contributed by atoms with Crippen LogP contribution in [0.15, 0.2) is 28.2 Å². The van der Waals surface area contributed by atoms with E-state index < -0.39 is 11.1 Å². The molecule has 1 atom stereocenters. The summed E-state index contributed by atoms with van der Waals surface area (Å²) in [5.41, 5.74) is 0.0426. The standard InChI is InChI=1S/C15H18ClFN4O2S/c1-3-4-7-21-14(23)19-20-15(21)24-9(2)13(22)18-12-6-5-10(17)8-11(12)16/h5-6,8-9H,3-4,7H2,1-2H3,(H,18,22)(H,19,23)/t9-/m0/s1. The Labute approximate surface area is 147 Å². The molecule has 1 aromatic heterocycles. The summed E-state index contributed by atoms with van der Waals surface area (Å²) >= 11 is 7.07. The van der Waals surface area contributed by atoms with E-state index in [1.807, 2.05) is 6.92 Å². The Bertz CT molecular complexity index is 777. The number of amides is 1. The number of hydrogen-bond acceptors (Lipinski definition) is 4. The summed E-state index contributed by atoms with van der Waals surface area (Å²) in [5.74, 6) is -0.789. The lowest BCUT2D eigenvalue weighted by Gasteiger charge is -2.13. The molecule has 0 saturated carbocycles. The van der Waals surface area contributed by atoms with Crippen molar-refractivity contribution in [1.29, 1.82) is 0 Å². The Hall–Kier alpha value is -1.80. The Kier molecular flexibility index (Phi) is 6.44. The van der Waals surface area contributed by atoms with E-state index in [-0.39, 0.29) is 16.6 Å². The van der Waals surface area contributed by atoms with Crippen molar-refractivity contribution >= 4 is 35.0 Å². The van der Waals surface area contributed by atoms with Crippen LogP contribution in [-0.2, 0) is 11.3 Å². The average molecular weight is 373 g/mol. The van der Waals surface area contributed by atoms with Crippen molar-refractivity contribution < 1.29 is 9.18 Å². The van der Waals surface area contributed by atoms with Gasteiger partial charge in [-0.25, -0.2) is 14.3 Å². The summed E-state index contributed by atoms with van der Waals surface area (Å²) in [4.78, 5) is 24.0. The molecule has 130 valence electrons. The van der Waals surface area contributed by atoms with Crippen LogP contribution in [0, 0.1) is 5.82 Å². The number of halogens is 2. The van der Waals surface area contributed by atoms with Crippen LogP contribution in [0.1, 0.15) is 26.7 Å². The van der Waals surface area contributed by atoms with Gasteiger partial charge in [-0.3, -0.25) is 9.36 Å². The molecule has 0 fully saturated rings. The second-order valence-electron chi connectivity index (χ2n) is 5.19. The van der Waals surface area contributed by atoms with E-state index in [2.05, 4.69) is 15.5 Å². The van der Waals surface area contributed by atoms with Gasteiger partial charge in [0.25, 0.3) is 0 Å². The maximum atomic E-state index is 13.0. The summed E-state index contributed by atoms with van der Waals surface area (Å²) in [6.45, 7) is 4.27. The van der Waals surface area contributed by atoms with Crippen molar-refractivity contribution in [3.63, 3.8) is 0 Å². The van der Waals surface area contributed by atoms with Gasteiger partial charge in [0.2, 0.25) is 5.91 Å². The van der Waals surface area contributed by atoms with Crippen molar-refractivity contribution in [1.82, 2.24) is 14.8 Å². The van der Waals surface area contributed by atoms with Crippen molar-refractivity contribution in [3.8, 4) is 0 Å². The number of aromatic amines is 1. The highest BCUT2D eigenvalue weighted by Crippen LogP contribution is 2.25. The maximum Gasteiger partial charge on any atom is 0.343 e. The zero-order chi connectivity index (χ0) is 17.7. The molecule has 9 heteroatoms. The minimum absolute atomic E-state index is 0.125. The first-order valence-corrected chi connectivity index (χ1v) is 8.76. The predicted octanol–water partition coefficient (Wildman–Crippen LogP) is 3.28. The predicted molar refractivity (Wildman–Crippen MR) is 93.1 cm³/mol. The van der Waals surface area contributed by atoms with E-state index in [0.29, 0.717) is 17.4 Å². The highest BCUT2D eigenvalue weighted by atomic mass is 35.5. The average Bonchev–Trinajstić information content (AvgIpc) is 2.88. The van der Waals surface area contributed by atoms with E-state index >= 15 is 0 Å². The number of carbonyl (C=O) groups excluding carboxylic acids is 1. The number of unbranched alkanes of at least 4 members (excludes halogenated alkanes) is 1. The number of rotatable bonds is 7. The zero-order valence-corrected chi connectivity index (χ0v) is 14.9. The Morgan fingerprint density at radius 2 is 2.29 bits per heavy atom. The number of anilines is 1. The van der Waals surface area contributed by atoms with Crippen LogP contribution in [0.2, 0.25) is 5.02 Å². The molecule has 0 aliphatic heterocycles. The van der Waals surface area contributed by atoms with Crippen LogP contribution < -0.4 is 11.0 Å². The van der Waals surface area contributed by atoms with E-state index in [0.717, 1.165) is 18.9 Å². The van der Waals surface area contributed by atoms with Gasteiger partial charge >= 0.3 is 5.69 Å². The lowest BCUT2D eigenvalue weighted by atomic mass is 10.3. The van der Waals surface area contributed by atoms with Crippen LogP contribution in [0.3, 0.4) is 0 Å². The Balaban J connectivity index is 2.05. The molecule has 0 bridgehead atoms. The van der Waals surface area contributed by atoms with Crippen LogP contribution in [0.5, 0.6) is 0 Å². The third kappa shape index (κ3) is 4.61. The van der Waals surface area contributed by atoms with Crippen LogP contribution in [0.4, 0.5) is 10.1 Å². The molecular weight excluding hydrogens is 355 g/mol. The molecule has 1 aromatic carbocycles. The number of thioether (sulfide) groups is 1. The number of H-pyrrole nitrogens is 1. The summed E-state index contributed by atoms with van der Waals surface area (Å²) < 4.78 is 14.6. The second-order valence-corrected chi connectivity index (χ2v) is 6.91. The quantitative estimate of drug-likeness (QED) is 0.731. The van der Waals surface area contributed by atoms with Crippen molar-refractivity contribution in [2.45, 2.75) is 43.6 Å². The molecule has 0 radical (unpaired) electrons.